The zero-order valence-corrected chi connectivity index (χ0v) is 12.6. The summed E-state index contributed by atoms with van der Waals surface area (Å²) in [5, 5.41) is 14.2. The van der Waals surface area contributed by atoms with E-state index in [1.807, 2.05) is 0 Å². The van der Waals surface area contributed by atoms with Crippen molar-refractivity contribution >= 4 is 17.8 Å². The second-order valence-corrected chi connectivity index (χ2v) is 5.65. The Kier molecular flexibility index (Phi) is 7.20. The summed E-state index contributed by atoms with van der Waals surface area (Å²) < 4.78 is 5.04. The number of hydrogen-bond donors (Lipinski definition) is 3. The molecule has 0 heterocycles. The van der Waals surface area contributed by atoms with Gasteiger partial charge in [-0.3, -0.25) is 9.59 Å². The highest BCUT2D eigenvalue weighted by Gasteiger charge is 2.27. The van der Waals surface area contributed by atoms with Gasteiger partial charge in [0, 0.05) is 12.5 Å². The highest BCUT2D eigenvalue weighted by Crippen LogP contribution is 2.09. The number of esters is 1. The highest BCUT2D eigenvalue weighted by atomic mass is 16.6. The fourth-order valence-electron chi connectivity index (χ4n) is 1.46. The molecule has 0 radical (unpaired) electrons. The minimum atomic E-state index is -1.28. The first kappa shape index (κ1) is 18.4. The van der Waals surface area contributed by atoms with E-state index >= 15 is 0 Å². The van der Waals surface area contributed by atoms with Gasteiger partial charge >= 0.3 is 11.9 Å². The number of ether oxygens (including phenoxy) is 1. The minimum absolute atomic E-state index is 0.388. The summed E-state index contributed by atoms with van der Waals surface area (Å²) in [5.41, 5.74) is -0.691. The summed E-state index contributed by atoms with van der Waals surface area (Å²) in [6.07, 6.45) is -0.398. The third kappa shape index (κ3) is 7.73. The summed E-state index contributed by atoms with van der Waals surface area (Å²) in [7, 11) is 1.69. The molecule has 0 aliphatic carbocycles. The molecule has 0 fully saturated rings. The molecule has 0 aromatic rings. The van der Waals surface area contributed by atoms with E-state index in [4.69, 9.17) is 9.84 Å². The molecule has 3 N–H and O–H groups in total. The molecule has 0 saturated carbocycles. The lowest BCUT2D eigenvalue weighted by molar-refractivity contribution is -0.158. The molecule has 0 spiro atoms. The van der Waals surface area contributed by atoms with Crippen LogP contribution < -0.4 is 10.6 Å². The van der Waals surface area contributed by atoms with Crippen molar-refractivity contribution in [2.75, 3.05) is 13.6 Å². The molecule has 1 amide bonds. The van der Waals surface area contributed by atoms with Crippen LogP contribution in [0.1, 0.15) is 34.1 Å². The number of carboxylic acid groups (broad SMARTS) is 1. The van der Waals surface area contributed by atoms with E-state index in [-0.39, 0.29) is 5.92 Å². The third-order valence-electron chi connectivity index (χ3n) is 2.36. The Balaban J connectivity index is 4.56. The van der Waals surface area contributed by atoms with Gasteiger partial charge in [0.25, 0.3) is 0 Å². The number of hydrogen-bond acceptors (Lipinski definition) is 5. The molecular weight excluding hydrogens is 264 g/mol. The van der Waals surface area contributed by atoms with Gasteiger partial charge in [0.15, 0.2) is 0 Å². The number of nitrogens with one attached hydrogen (secondary N) is 2. The molecule has 116 valence electrons. The fourth-order valence-corrected chi connectivity index (χ4v) is 1.46. The van der Waals surface area contributed by atoms with Gasteiger partial charge in [-0.25, -0.2) is 4.79 Å². The van der Waals surface area contributed by atoms with Crippen LogP contribution in [-0.2, 0) is 19.1 Å². The number of amides is 1. The maximum Gasteiger partial charge on any atom is 0.326 e. The smallest absolute Gasteiger partial charge is 0.326 e. The van der Waals surface area contributed by atoms with Crippen LogP contribution in [0.25, 0.3) is 0 Å². The van der Waals surface area contributed by atoms with Crippen LogP contribution in [0, 0.1) is 5.92 Å². The molecule has 2 atom stereocenters. The van der Waals surface area contributed by atoms with Gasteiger partial charge in [-0.1, -0.05) is 6.92 Å². The van der Waals surface area contributed by atoms with Crippen LogP contribution in [-0.4, -0.2) is 48.2 Å². The van der Waals surface area contributed by atoms with Crippen molar-refractivity contribution in [3.05, 3.63) is 0 Å². The quantitative estimate of drug-likeness (QED) is 0.576. The van der Waals surface area contributed by atoms with Gasteiger partial charge in [0.2, 0.25) is 5.91 Å². The standard InChI is InChI=1S/C13H24N2O5/c1-8(7-14-5)11(17)15-9(12(18)19)6-10(16)20-13(2,3)4/h8-9,14H,6-7H2,1-5H3,(H,15,17)(H,18,19)/t8?,9-/m0/s1. The number of carbonyl (C=O) groups is 3. The molecule has 0 saturated heterocycles. The van der Waals surface area contributed by atoms with Crippen LogP contribution in [0.2, 0.25) is 0 Å². The second kappa shape index (κ2) is 7.84. The molecule has 0 rings (SSSR count). The highest BCUT2D eigenvalue weighted by molar-refractivity contribution is 5.88. The second-order valence-electron chi connectivity index (χ2n) is 5.65. The first-order valence-corrected chi connectivity index (χ1v) is 6.46. The fraction of sp³-hybridized carbons (Fsp3) is 0.769. The molecule has 0 bridgehead atoms. The Bertz CT molecular complexity index is 362. The minimum Gasteiger partial charge on any atom is -0.480 e. The van der Waals surface area contributed by atoms with Gasteiger partial charge in [0.1, 0.15) is 11.6 Å². The molecule has 0 aliphatic rings. The van der Waals surface area contributed by atoms with Crippen molar-refractivity contribution in [3.63, 3.8) is 0 Å². The number of carboxylic acids is 1. The van der Waals surface area contributed by atoms with Gasteiger partial charge in [-0.05, 0) is 27.8 Å². The van der Waals surface area contributed by atoms with E-state index in [0.29, 0.717) is 6.54 Å². The van der Waals surface area contributed by atoms with Crippen molar-refractivity contribution in [1.82, 2.24) is 10.6 Å². The van der Waals surface area contributed by atoms with Crippen molar-refractivity contribution in [3.8, 4) is 0 Å². The summed E-state index contributed by atoms with van der Waals surface area (Å²) >= 11 is 0. The van der Waals surface area contributed by atoms with Crippen LogP contribution in [0.3, 0.4) is 0 Å². The summed E-state index contributed by atoms with van der Waals surface area (Å²) in [6, 6.07) is -1.28. The number of aliphatic carboxylic acids is 1. The van der Waals surface area contributed by atoms with Crippen molar-refractivity contribution in [2.24, 2.45) is 5.92 Å². The lowest BCUT2D eigenvalue weighted by Crippen LogP contribution is -2.46. The van der Waals surface area contributed by atoms with Crippen molar-refractivity contribution in [2.45, 2.75) is 45.8 Å². The average molecular weight is 288 g/mol. The molecule has 0 aromatic heterocycles. The van der Waals surface area contributed by atoms with E-state index in [2.05, 4.69) is 10.6 Å². The Morgan fingerprint density at radius 1 is 1.25 bits per heavy atom. The van der Waals surface area contributed by atoms with Crippen molar-refractivity contribution in [1.29, 1.82) is 0 Å². The largest absolute Gasteiger partial charge is 0.480 e. The van der Waals surface area contributed by atoms with Crippen LogP contribution in [0.5, 0.6) is 0 Å². The van der Waals surface area contributed by atoms with Gasteiger partial charge < -0.3 is 20.5 Å². The summed E-state index contributed by atoms with van der Waals surface area (Å²) in [6.45, 7) is 7.15. The molecule has 7 heteroatoms. The van der Waals surface area contributed by atoms with E-state index in [9.17, 15) is 14.4 Å². The Morgan fingerprint density at radius 3 is 2.20 bits per heavy atom. The molecular formula is C13H24N2O5. The predicted octanol–water partition coefficient (Wildman–Crippen LogP) is 0.143. The monoisotopic (exact) mass is 288 g/mol. The maximum absolute atomic E-state index is 11.7. The van der Waals surface area contributed by atoms with Crippen LogP contribution in [0.15, 0.2) is 0 Å². The third-order valence-corrected chi connectivity index (χ3v) is 2.36. The SMILES string of the molecule is CNCC(C)C(=O)N[C@@H](CC(=O)OC(C)(C)C)C(=O)O. The van der Waals surface area contributed by atoms with E-state index < -0.39 is 35.9 Å². The normalized spacial score (nSPS) is 14.2. The lowest BCUT2D eigenvalue weighted by atomic mass is 10.1. The number of carbonyl (C=O) groups excluding carboxylic acids is 2. The van der Waals surface area contributed by atoms with E-state index in [1.54, 1.807) is 34.7 Å². The molecule has 1 unspecified atom stereocenters. The van der Waals surface area contributed by atoms with Gasteiger partial charge in [-0.15, -0.1) is 0 Å². The Morgan fingerprint density at radius 2 is 1.80 bits per heavy atom. The number of rotatable bonds is 7. The Labute approximate surface area is 119 Å². The topological polar surface area (TPSA) is 105 Å². The van der Waals surface area contributed by atoms with E-state index in [1.165, 1.54) is 0 Å². The van der Waals surface area contributed by atoms with Gasteiger partial charge in [-0.2, -0.15) is 0 Å². The predicted molar refractivity (Wildman–Crippen MR) is 73.1 cm³/mol. The summed E-state index contributed by atoms with van der Waals surface area (Å²) in [4.78, 5) is 34.4. The molecule has 20 heavy (non-hydrogen) atoms. The zero-order valence-electron chi connectivity index (χ0n) is 12.6. The van der Waals surface area contributed by atoms with E-state index in [0.717, 1.165) is 0 Å². The van der Waals surface area contributed by atoms with Crippen LogP contribution >= 0.6 is 0 Å². The molecule has 0 aromatic carbocycles. The zero-order chi connectivity index (χ0) is 15.9. The van der Waals surface area contributed by atoms with Crippen LogP contribution in [0.4, 0.5) is 0 Å². The molecule has 7 nitrogen and oxygen atoms in total. The van der Waals surface area contributed by atoms with Gasteiger partial charge in [0.05, 0.1) is 6.42 Å². The summed E-state index contributed by atoms with van der Waals surface area (Å²) in [5.74, 6) is -2.73. The molecule has 0 aliphatic heterocycles. The first-order chi connectivity index (χ1) is 9.06. The Hall–Kier alpha value is -1.63. The maximum atomic E-state index is 11.7. The first-order valence-electron chi connectivity index (χ1n) is 6.46. The van der Waals surface area contributed by atoms with Crippen molar-refractivity contribution < 1.29 is 24.2 Å². The lowest BCUT2D eigenvalue weighted by Gasteiger charge is -2.22. The average Bonchev–Trinajstić information content (AvgIpc) is 2.25.